The smallest absolute Gasteiger partial charge is 0.343 e. The van der Waals surface area contributed by atoms with E-state index in [0.717, 1.165) is 0 Å². The Morgan fingerprint density at radius 1 is 1.03 bits per heavy atom. The summed E-state index contributed by atoms with van der Waals surface area (Å²) in [4.78, 5) is 34.6. The number of hydrogen-bond donors (Lipinski definition) is 1. The number of ether oxygens (including phenoxy) is 2. The van der Waals surface area contributed by atoms with E-state index in [1.54, 1.807) is 49.4 Å². The first-order valence-corrected chi connectivity index (χ1v) is 10.1. The highest BCUT2D eigenvalue weighted by Gasteiger charge is 2.13. The molecule has 0 unspecified atom stereocenters. The summed E-state index contributed by atoms with van der Waals surface area (Å²) < 4.78 is 11.0. The molecular formula is C23H18ClN3O6. The lowest BCUT2D eigenvalue weighted by atomic mass is 10.2. The summed E-state index contributed by atoms with van der Waals surface area (Å²) in [6, 6.07) is 16.2. The van der Waals surface area contributed by atoms with Crippen LogP contribution in [0.5, 0.6) is 11.5 Å². The van der Waals surface area contributed by atoms with Crippen LogP contribution in [0.25, 0.3) is 0 Å². The van der Waals surface area contributed by atoms with E-state index in [2.05, 4.69) is 10.5 Å². The van der Waals surface area contributed by atoms with Crippen molar-refractivity contribution in [2.45, 2.75) is 6.92 Å². The lowest BCUT2D eigenvalue weighted by molar-refractivity contribution is -0.384. The minimum absolute atomic E-state index is 0.115. The largest absolute Gasteiger partial charge is 0.490 e. The second-order valence-corrected chi connectivity index (χ2v) is 6.98. The summed E-state index contributed by atoms with van der Waals surface area (Å²) in [5.74, 6) is -0.543. The fourth-order valence-electron chi connectivity index (χ4n) is 2.67. The summed E-state index contributed by atoms with van der Waals surface area (Å²) in [5, 5.41) is 15.1. The molecule has 0 heterocycles. The van der Waals surface area contributed by atoms with Gasteiger partial charge in [-0.3, -0.25) is 14.9 Å². The van der Waals surface area contributed by atoms with Crippen molar-refractivity contribution in [3.05, 3.63) is 98.6 Å². The first-order valence-electron chi connectivity index (χ1n) is 9.70. The van der Waals surface area contributed by atoms with Crippen LogP contribution in [0.4, 0.5) is 5.69 Å². The lowest BCUT2D eigenvalue weighted by Gasteiger charge is -2.11. The molecule has 0 spiro atoms. The first kappa shape index (κ1) is 23.4. The zero-order chi connectivity index (χ0) is 23.8. The number of benzene rings is 3. The Bertz CT molecular complexity index is 1190. The molecule has 0 saturated carbocycles. The van der Waals surface area contributed by atoms with Crippen molar-refractivity contribution in [2.24, 2.45) is 5.10 Å². The predicted octanol–water partition coefficient (Wildman–Crippen LogP) is 4.63. The minimum atomic E-state index is -0.565. The summed E-state index contributed by atoms with van der Waals surface area (Å²) in [6.45, 7) is 2.12. The van der Waals surface area contributed by atoms with Crippen molar-refractivity contribution in [3.63, 3.8) is 0 Å². The van der Waals surface area contributed by atoms with Gasteiger partial charge in [-0.1, -0.05) is 11.6 Å². The molecule has 0 radical (unpaired) electrons. The quantitative estimate of drug-likeness (QED) is 0.169. The van der Waals surface area contributed by atoms with Crippen LogP contribution in [0.15, 0.2) is 71.8 Å². The number of nitro groups is 1. The summed E-state index contributed by atoms with van der Waals surface area (Å²) in [5.41, 5.74) is 3.36. The second kappa shape index (κ2) is 10.9. The molecule has 0 aliphatic heterocycles. The maximum atomic E-state index is 12.4. The normalized spacial score (nSPS) is 10.6. The van der Waals surface area contributed by atoms with Crippen LogP contribution in [0.3, 0.4) is 0 Å². The maximum absolute atomic E-state index is 12.4. The molecule has 10 heteroatoms. The van der Waals surface area contributed by atoms with E-state index in [1.807, 2.05) is 0 Å². The molecule has 1 amide bonds. The Morgan fingerprint density at radius 2 is 1.70 bits per heavy atom. The highest BCUT2D eigenvalue weighted by Crippen LogP contribution is 2.29. The van der Waals surface area contributed by atoms with E-state index >= 15 is 0 Å². The molecule has 33 heavy (non-hydrogen) atoms. The maximum Gasteiger partial charge on any atom is 0.343 e. The van der Waals surface area contributed by atoms with Crippen molar-refractivity contribution in [3.8, 4) is 11.5 Å². The molecule has 0 saturated heterocycles. The zero-order valence-corrected chi connectivity index (χ0v) is 18.1. The van der Waals surface area contributed by atoms with Crippen LogP contribution in [0.1, 0.15) is 33.2 Å². The van der Waals surface area contributed by atoms with Crippen molar-refractivity contribution >= 4 is 35.4 Å². The van der Waals surface area contributed by atoms with Crippen molar-refractivity contribution in [1.82, 2.24) is 5.43 Å². The monoisotopic (exact) mass is 467 g/mol. The molecule has 0 fully saturated rings. The Balaban J connectivity index is 1.68. The Labute approximate surface area is 193 Å². The second-order valence-electron chi connectivity index (χ2n) is 6.54. The van der Waals surface area contributed by atoms with Gasteiger partial charge in [-0.25, -0.2) is 10.2 Å². The molecule has 9 nitrogen and oxygen atoms in total. The number of esters is 1. The van der Waals surface area contributed by atoms with Crippen molar-refractivity contribution < 1.29 is 24.0 Å². The van der Waals surface area contributed by atoms with Gasteiger partial charge in [-0.15, -0.1) is 0 Å². The van der Waals surface area contributed by atoms with Gasteiger partial charge < -0.3 is 9.47 Å². The van der Waals surface area contributed by atoms with E-state index in [4.69, 9.17) is 21.1 Å². The molecule has 1 N–H and O–H groups in total. The van der Waals surface area contributed by atoms with Crippen LogP contribution in [0.2, 0.25) is 5.02 Å². The number of nitro benzene ring substituents is 1. The number of hydrazone groups is 1. The van der Waals surface area contributed by atoms with Gasteiger partial charge in [0.2, 0.25) is 0 Å². The fraction of sp³-hybridized carbons (Fsp3) is 0.0870. The van der Waals surface area contributed by atoms with Gasteiger partial charge in [-0.2, -0.15) is 5.10 Å². The van der Waals surface area contributed by atoms with Crippen LogP contribution >= 0.6 is 11.6 Å². The van der Waals surface area contributed by atoms with Crippen LogP contribution < -0.4 is 14.9 Å². The highest BCUT2D eigenvalue weighted by atomic mass is 35.5. The number of carbonyl (C=O) groups is 2. The van der Waals surface area contributed by atoms with Crippen molar-refractivity contribution in [1.29, 1.82) is 0 Å². The standard InChI is InChI=1S/C23H18ClN3O6/c1-2-32-21-13-15(3-12-20(21)33-23(29)17-4-8-18(24)9-5-17)14-25-26-22(28)16-6-10-19(11-7-16)27(30)31/h3-14H,2H2,1H3,(H,26,28). The minimum Gasteiger partial charge on any atom is -0.490 e. The van der Waals surface area contributed by atoms with Gasteiger partial charge in [0.15, 0.2) is 11.5 Å². The summed E-state index contributed by atoms with van der Waals surface area (Å²) >= 11 is 5.84. The average Bonchev–Trinajstić information content (AvgIpc) is 2.81. The average molecular weight is 468 g/mol. The van der Waals surface area contributed by atoms with E-state index in [1.165, 1.54) is 30.5 Å². The molecule has 3 aromatic carbocycles. The summed E-state index contributed by atoms with van der Waals surface area (Å²) in [6.07, 6.45) is 1.39. The van der Waals surface area contributed by atoms with Gasteiger partial charge in [-0.05, 0) is 67.1 Å². The molecule has 168 valence electrons. The van der Waals surface area contributed by atoms with E-state index in [0.29, 0.717) is 28.5 Å². The van der Waals surface area contributed by atoms with Gasteiger partial charge in [0.25, 0.3) is 11.6 Å². The lowest BCUT2D eigenvalue weighted by Crippen LogP contribution is -2.17. The van der Waals surface area contributed by atoms with Gasteiger partial charge >= 0.3 is 5.97 Å². The van der Waals surface area contributed by atoms with E-state index in [9.17, 15) is 19.7 Å². The number of hydrogen-bond acceptors (Lipinski definition) is 7. The third-order valence-electron chi connectivity index (χ3n) is 4.27. The Hall–Kier alpha value is -4.24. The fourth-order valence-corrected chi connectivity index (χ4v) is 2.79. The Kier molecular flexibility index (Phi) is 7.72. The summed E-state index contributed by atoms with van der Waals surface area (Å²) in [7, 11) is 0. The van der Waals surface area contributed by atoms with Gasteiger partial charge in [0, 0.05) is 22.7 Å². The number of carbonyl (C=O) groups excluding carboxylic acids is 2. The van der Waals surface area contributed by atoms with Crippen LogP contribution in [-0.4, -0.2) is 29.6 Å². The van der Waals surface area contributed by atoms with E-state index < -0.39 is 16.8 Å². The molecule has 0 aliphatic carbocycles. The molecular weight excluding hydrogens is 450 g/mol. The third kappa shape index (κ3) is 6.37. The van der Waals surface area contributed by atoms with Crippen LogP contribution in [0, 0.1) is 10.1 Å². The third-order valence-corrected chi connectivity index (χ3v) is 4.52. The zero-order valence-electron chi connectivity index (χ0n) is 17.4. The van der Waals surface area contributed by atoms with Gasteiger partial charge in [0.1, 0.15) is 0 Å². The molecule has 0 aromatic heterocycles. The number of nitrogens with zero attached hydrogens (tertiary/aromatic N) is 2. The Morgan fingerprint density at radius 3 is 2.33 bits per heavy atom. The molecule has 3 rings (SSSR count). The topological polar surface area (TPSA) is 120 Å². The number of halogens is 1. The first-order chi connectivity index (χ1) is 15.9. The molecule has 0 bridgehead atoms. The number of rotatable bonds is 8. The SMILES string of the molecule is CCOc1cc(C=NNC(=O)c2ccc([N+](=O)[O-])cc2)ccc1OC(=O)c1ccc(Cl)cc1. The number of amides is 1. The predicted molar refractivity (Wildman–Crippen MR) is 122 cm³/mol. The highest BCUT2D eigenvalue weighted by molar-refractivity contribution is 6.30. The molecule has 3 aromatic rings. The van der Waals surface area contributed by atoms with Crippen molar-refractivity contribution in [2.75, 3.05) is 6.61 Å². The number of non-ortho nitro benzene ring substituents is 1. The van der Waals surface area contributed by atoms with Gasteiger partial charge in [0.05, 0.1) is 23.3 Å². The van der Waals surface area contributed by atoms with E-state index in [-0.39, 0.29) is 17.0 Å². The molecule has 0 atom stereocenters. The molecule has 0 aliphatic rings. The van der Waals surface area contributed by atoms with Crippen LogP contribution in [-0.2, 0) is 0 Å². The number of nitrogens with one attached hydrogen (secondary N) is 1.